The number of rotatable bonds is 3. The lowest BCUT2D eigenvalue weighted by molar-refractivity contribution is -0.152. The molecule has 0 spiro atoms. The van der Waals surface area contributed by atoms with E-state index < -0.39 is 5.60 Å². The first-order valence-corrected chi connectivity index (χ1v) is 9.95. The van der Waals surface area contributed by atoms with Crippen LogP contribution in [0.3, 0.4) is 0 Å². The SMILES string of the molecule is CC1(O)CN(C(=O)Cn2ccc3scc(-c4ccc(Cl)c(Cl)c4)c3c2=O)C1. The van der Waals surface area contributed by atoms with E-state index in [4.69, 9.17) is 23.2 Å². The Bertz CT molecular complexity index is 1110. The molecular weight excluding hydrogens is 407 g/mol. The average Bonchev–Trinajstić information content (AvgIpc) is 3.02. The Morgan fingerprint density at radius 2 is 2.00 bits per heavy atom. The Morgan fingerprint density at radius 3 is 2.67 bits per heavy atom. The van der Waals surface area contributed by atoms with Gasteiger partial charge in [-0.2, -0.15) is 0 Å². The number of fused-ring (bicyclic) bond motifs is 1. The maximum absolute atomic E-state index is 13.0. The minimum Gasteiger partial charge on any atom is -0.386 e. The topological polar surface area (TPSA) is 62.5 Å². The fourth-order valence-corrected chi connectivity index (χ4v) is 4.54. The predicted octanol–water partition coefficient (Wildman–Crippen LogP) is 3.63. The van der Waals surface area contributed by atoms with Gasteiger partial charge in [-0.1, -0.05) is 29.3 Å². The first kappa shape index (κ1) is 18.5. The second-order valence-electron chi connectivity index (χ2n) is 7.01. The Kier molecular flexibility index (Phi) is 4.55. The fraction of sp³-hybridized carbons (Fsp3) is 0.263. The molecule has 0 atom stereocenters. The number of carbonyl (C=O) groups is 1. The van der Waals surface area contributed by atoms with Crippen molar-refractivity contribution in [3.63, 3.8) is 0 Å². The van der Waals surface area contributed by atoms with Gasteiger partial charge in [0.05, 0.1) is 34.1 Å². The van der Waals surface area contributed by atoms with Gasteiger partial charge < -0.3 is 14.6 Å². The number of thiophene rings is 1. The molecule has 3 heterocycles. The first-order valence-electron chi connectivity index (χ1n) is 8.31. The van der Waals surface area contributed by atoms with Gasteiger partial charge in [0.2, 0.25) is 5.91 Å². The molecule has 8 heteroatoms. The van der Waals surface area contributed by atoms with E-state index in [1.54, 1.807) is 30.2 Å². The molecule has 1 N–H and O–H groups in total. The molecule has 5 nitrogen and oxygen atoms in total. The number of hydrogen-bond acceptors (Lipinski definition) is 4. The zero-order valence-corrected chi connectivity index (χ0v) is 16.7. The number of β-amino-alcohol motifs (C(OH)–C–C–N with tert-alkyl or cyclic N) is 1. The molecule has 1 aromatic carbocycles. The van der Waals surface area contributed by atoms with Crippen LogP contribution in [0.1, 0.15) is 6.92 Å². The van der Waals surface area contributed by atoms with Crippen molar-refractivity contribution in [1.29, 1.82) is 0 Å². The third-order valence-electron chi connectivity index (χ3n) is 4.65. The largest absolute Gasteiger partial charge is 0.386 e. The molecule has 0 bridgehead atoms. The molecule has 1 fully saturated rings. The van der Waals surface area contributed by atoms with E-state index in [9.17, 15) is 14.7 Å². The van der Waals surface area contributed by atoms with E-state index >= 15 is 0 Å². The third-order valence-corrected chi connectivity index (χ3v) is 6.34. The van der Waals surface area contributed by atoms with Crippen molar-refractivity contribution >= 4 is 50.5 Å². The van der Waals surface area contributed by atoms with E-state index in [0.29, 0.717) is 15.4 Å². The predicted molar refractivity (Wildman–Crippen MR) is 109 cm³/mol. The molecule has 0 unspecified atom stereocenters. The average molecular weight is 423 g/mol. The monoisotopic (exact) mass is 422 g/mol. The van der Waals surface area contributed by atoms with Crippen molar-refractivity contribution in [1.82, 2.24) is 9.47 Å². The fourth-order valence-electron chi connectivity index (χ4n) is 3.28. The molecule has 27 heavy (non-hydrogen) atoms. The van der Waals surface area contributed by atoms with Crippen molar-refractivity contribution in [2.75, 3.05) is 13.1 Å². The second kappa shape index (κ2) is 6.63. The van der Waals surface area contributed by atoms with E-state index in [1.807, 2.05) is 17.5 Å². The van der Waals surface area contributed by atoms with Crippen molar-refractivity contribution in [2.45, 2.75) is 19.1 Å². The Balaban J connectivity index is 1.70. The molecule has 0 saturated carbocycles. The number of aliphatic hydroxyl groups is 1. The number of aromatic nitrogens is 1. The summed E-state index contributed by atoms with van der Waals surface area (Å²) in [5, 5.41) is 13.1. The van der Waals surface area contributed by atoms with Crippen molar-refractivity contribution in [3.8, 4) is 11.1 Å². The standard InChI is InChI=1S/C19H16Cl2N2O3S/c1-19(26)9-23(10-19)16(24)7-22-5-4-15-17(18(22)25)12(8-27-15)11-2-3-13(20)14(21)6-11/h2-6,8,26H,7,9-10H2,1H3. The normalized spacial score (nSPS) is 15.8. The lowest BCUT2D eigenvalue weighted by Crippen LogP contribution is -2.62. The van der Waals surface area contributed by atoms with Crippen LogP contribution in [0.4, 0.5) is 0 Å². The van der Waals surface area contributed by atoms with Crippen molar-refractivity contribution in [3.05, 3.63) is 56.2 Å². The van der Waals surface area contributed by atoms with Crippen molar-refractivity contribution in [2.24, 2.45) is 0 Å². The molecule has 3 aromatic rings. The lowest BCUT2D eigenvalue weighted by Gasteiger charge is -2.44. The smallest absolute Gasteiger partial charge is 0.260 e. The molecule has 0 aliphatic carbocycles. The van der Waals surface area contributed by atoms with Crippen LogP contribution in [-0.2, 0) is 11.3 Å². The highest BCUT2D eigenvalue weighted by atomic mass is 35.5. The maximum atomic E-state index is 13.0. The molecular formula is C19H16Cl2N2O3S. The zero-order valence-electron chi connectivity index (χ0n) is 14.4. The lowest BCUT2D eigenvalue weighted by atomic mass is 9.97. The molecule has 1 saturated heterocycles. The minimum atomic E-state index is -0.834. The first-order chi connectivity index (χ1) is 12.7. The van der Waals surface area contributed by atoms with Crippen molar-refractivity contribution < 1.29 is 9.90 Å². The number of halogens is 2. The highest BCUT2D eigenvalue weighted by Crippen LogP contribution is 2.35. The van der Waals surface area contributed by atoms with Gasteiger partial charge in [0.25, 0.3) is 5.56 Å². The van der Waals surface area contributed by atoms with Gasteiger partial charge in [0.15, 0.2) is 0 Å². The molecule has 2 aromatic heterocycles. The van der Waals surface area contributed by atoms with Crippen LogP contribution in [0.15, 0.2) is 40.6 Å². The van der Waals surface area contributed by atoms with Gasteiger partial charge >= 0.3 is 0 Å². The summed E-state index contributed by atoms with van der Waals surface area (Å²) in [7, 11) is 0. The van der Waals surface area contributed by atoms with E-state index in [2.05, 4.69) is 0 Å². The van der Waals surface area contributed by atoms with E-state index in [0.717, 1.165) is 15.8 Å². The summed E-state index contributed by atoms with van der Waals surface area (Å²) in [5.41, 5.74) is 0.511. The van der Waals surface area contributed by atoms with Crippen LogP contribution < -0.4 is 5.56 Å². The molecule has 1 aliphatic heterocycles. The number of hydrogen-bond donors (Lipinski definition) is 1. The van der Waals surface area contributed by atoms with Gasteiger partial charge in [-0.05, 0) is 30.7 Å². The second-order valence-corrected chi connectivity index (χ2v) is 8.74. The zero-order chi connectivity index (χ0) is 19.3. The third kappa shape index (κ3) is 3.38. The maximum Gasteiger partial charge on any atom is 0.260 e. The molecule has 0 radical (unpaired) electrons. The van der Waals surface area contributed by atoms with Crippen LogP contribution in [0, 0.1) is 0 Å². The summed E-state index contributed by atoms with van der Waals surface area (Å²) >= 11 is 13.6. The van der Waals surface area contributed by atoms with Gasteiger partial charge in [-0.3, -0.25) is 9.59 Å². The number of pyridine rings is 1. The minimum absolute atomic E-state index is 0.0541. The highest BCUT2D eigenvalue weighted by molar-refractivity contribution is 7.17. The number of nitrogens with zero attached hydrogens (tertiary/aromatic N) is 2. The van der Waals surface area contributed by atoms with Gasteiger partial charge in [-0.25, -0.2) is 0 Å². The van der Waals surface area contributed by atoms with Crippen LogP contribution in [-0.4, -0.2) is 39.2 Å². The molecule has 1 aliphatic rings. The molecule has 140 valence electrons. The summed E-state index contributed by atoms with van der Waals surface area (Å²) in [6.45, 7) is 2.21. The van der Waals surface area contributed by atoms with Crippen LogP contribution in [0.25, 0.3) is 21.2 Å². The number of amides is 1. The van der Waals surface area contributed by atoms with Crippen LogP contribution in [0.2, 0.25) is 10.0 Å². The van der Waals surface area contributed by atoms with E-state index in [1.165, 1.54) is 15.9 Å². The highest BCUT2D eigenvalue weighted by Gasteiger charge is 2.39. The van der Waals surface area contributed by atoms with Gasteiger partial charge in [0.1, 0.15) is 6.54 Å². The Hall–Kier alpha value is -1.86. The Labute approximate surface area is 169 Å². The van der Waals surface area contributed by atoms with E-state index in [-0.39, 0.29) is 31.1 Å². The quantitative estimate of drug-likeness (QED) is 0.700. The summed E-state index contributed by atoms with van der Waals surface area (Å²) in [6, 6.07) is 7.08. The number of carbonyl (C=O) groups excluding carboxylic acids is 1. The summed E-state index contributed by atoms with van der Waals surface area (Å²) < 4.78 is 2.25. The Morgan fingerprint density at radius 1 is 1.26 bits per heavy atom. The molecule has 4 rings (SSSR count). The van der Waals surface area contributed by atoms with Gasteiger partial charge in [-0.15, -0.1) is 11.3 Å². The number of likely N-dealkylation sites (tertiary alicyclic amines) is 1. The molecule has 1 amide bonds. The van der Waals surface area contributed by atoms with Crippen LogP contribution in [0.5, 0.6) is 0 Å². The number of benzene rings is 1. The van der Waals surface area contributed by atoms with Gasteiger partial charge in [0, 0.05) is 21.8 Å². The van der Waals surface area contributed by atoms with Crippen LogP contribution >= 0.6 is 34.5 Å². The summed E-state index contributed by atoms with van der Waals surface area (Å²) in [4.78, 5) is 26.9. The summed E-state index contributed by atoms with van der Waals surface area (Å²) in [5.74, 6) is -0.186. The summed E-state index contributed by atoms with van der Waals surface area (Å²) in [6.07, 6.45) is 1.63.